The Labute approximate surface area is 253 Å². The molecule has 39 heavy (non-hydrogen) atoms. The Morgan fingerprint density at radius 2 is 1.62 bits per heavy atom. The molecule has 10 heteroatoms. The summed E-state index contributed by atoms with van der Waals surface area (Å²) >= 11 is 5.62. The number of hydrogen-bond donors (Lipinski definition) is 1. The van der Waals surface area contributed by atoms with Gasteiger partial charge < -0.3 is 10.2 Å². The number of benzene rings is 3. The first-order valence-electron chi connectivity index (χ1n) is 12.6. The van der Waals surface area contributed by atoms with E-state index in [-0.39, 0.29) is 24.9 Å². The minimum Gasteiger partial charge on any atom is -0.352 e. The Morgan fingerprint density at radius 3 is 2.21 bits per heavy atom. The van der Waals surface area contributed by atoms with Crippen LogP contribution in [0.2, 0.25) is 0 Å². The van der Waals surface area contributed by atoms with E-state index in [1.54, 1.807) is 24.3 Å². The molecule has 0 fully saturated rings. The summed E-state index contributed by atoms with van der Waals surface area (Å²) in [4.78, 5) is 29.2. The highest BCUT2D eigenvalue weighted by atomic mass is 127. The predicted molar refractivity (Wildman–Crippen MR) is 168 cm³/mol. The van der Waals surface area contributed by atoms with Crippen molar-refractivity contribution < 1.29 is 18.0 Å². The molecule has 1 N–H and O–H groups in total. The fourth-order valence-corrected chi connectivity index (χ4v) is 5.70. The van der Waals surface area contributed by atoms with E-state index in [0.29, 0.717) is 5.69 Å². The van der Waals surface area contributed by atoms with E-state index < -0.39 is 28.5 Å². The molecule has 0 unspecified atom stereocenters. The molecule has 2 atom stereocenters. The lowest BCUT2D eigenvalue weighted by Gasteiger charge is -2.34. The normalized spacial score (nSPS) is 12.8. The van der Waals surface area contributed by atoms with Crippen molar-refractivity contribution in [1.29, 1.82) is 0 Å². The third-order valence-corrected chi connectivity index (χ3v) is 8.66. The number of halogens is 2. The van der Waals surface area contributed by atoms with Gasteiger partial charge in [0.25, 0.3) is 0 Å². The van der Waals surface area contributed by atoms with Crippen molar-refractivity contribution in [2.45, 2.75) is 45.3 Å². The van der Waals surface area contributed by atoms with Gasteiger partial charge in [0.05, 0.1) is 11.9 Å². The van der Waals surface area contributed by atoms with Crippen LogP contribution in [-0.4, -0.2) is 50.0 Å². The van der Waals surface area contributed by atoms with Crippen LogP contribution in [-0.2, 0) is 32.6 Å². The van der Waals surface area contributed by atoms with E-state index in [9.17, 15) is 18.0 Å². The van der Waals surface area contributed by atoms with Gasteiger partial charge in [-0.05, 0) is 83.5 Å². The summed E-state index contributed by atoms with van der Waals surface area (Å²) in [6.07, 6.45) is 2.09. The third kappa shape index (κ3) is 9.32. The van der Waals surface area contributed by atoms with Crippen LogP contribution in [0, 0.1) is 3.57 Å². The second-order valence-electron chi connectivity index (χ2n) is 9.42. The van der Waals surface area contributed by atoms with Crippen molar-refractivity contribution in [2.24, 2.45) is 0 Å². The number of rotatable bonds is 12. The fraction of sp³-hybridized carbons (Fsp3) is 0.310. The smallest absolute Gasteiger partial charge is 0.244 e. The number of hydrogen-bond acceptors (Lipinski definition) is 4. The maximum Gasteiger partial charge on any atom is 0.244 e. The number of nitrogens with zero attached hydrogens (tertiary/aromatic N) is 2. The first kappa shape index (κ1) is 31.1. The van der Waals surface area contributed by atoms with Gasteiger partial charge in [-0.3, -0.25) is 13.9 Å². The van der Waals surface area contributed by atoms with Crippen molar-refractivity contribution in [3.05, 3.63) is 98.0 Å². The molecule has 3 aromatic rings. The molecular formula is C29H33BrIN3O4S. The number of anilines is 1. The van der Waals surface area contributed by atoms with Crippen molar-refractivity contribution in [3.8, 4) is 0 Å². The average molecular weight is 726 g/mol. The Bertz CT molecular complexity index is 1370. The van der Waals surface area contributed by atoms with Gasteiger partial charge in [0.1, 0.15) is 12.6 Å². The first-order valence-corrected chi connectivity index (χ1v) is 16.3. The average Bonchev–Trinajstić information content (AvgIpc) is 2.89. The zero-order valence-electron chi connectivity index (χ0n) is 22.2. The lowest BCUT2D eigenvalue weighted by atomic mass is 10.0. The van der Waals surface area contributed by atoms with E-state index in [2.05, 4.69) is 43.8 Å². The lowest BCUT2D eigenvalue weighted by molar-refractivity contribution is -0.140. The highest BCUT2D eigenvalue weighted by Crippen LogP contribution is 2.22. The summed E-state index contributed by atoms with van der Waals surface area (Å²) in [5, 5.41) is 3.03. The van der Waals surface area contributed by atoms with Crippen molar-refractivity contribution in [3.63, 3.8) is 0 Å². The molecular weight excluding hydrogens is 693 g/mol. The maximum atomic E-state index is 14.0. The summed E-state index contributed by atoms with van der Waals surface area (Å²) in [5.74, 6) is -0.754. The molecule has 3 aromatic carbocycles. The zero-order valence-corrected chi connectivity index (χ0v) is 26.7. The highest BCUT2D eigenvalue weighted by molar-refractivity contribution is 14.1. The van der Waals surface area contributed by atoms with Gasteiger partial charge in [-0.25, -0.2) is 8.42 Å². The molecule has 0 spiro atoms. The van der Waals surface area contributed by atoms with Crippen LogP contribution >= 0.6 is 38.5 Å². The second kappa shape index (κ2) is 14.3. The summed E-state index contributed by atoms with van der Waals surface area (Å²) in [7, 11) is -3.79. The maximum absolute atomic E-state index is 14.0. The van der Waals surface area contributed by atoms with Gasteiger partial charge in [-0.1, -0.05) is 65.3 Å². The van der Waals surface area contributed by atoms with Crippen LogP contribution in [0.4, 0.5) is 5.69 Å². The van der Waals surface area contributed by atoms with Gasteiger partial charge in [0, 0.05) is 27.1 Å². The quantitative estimate of drug-likeness (QED) is 0.255. The number of nitrogens with one attached hydrogen (secondary N) is 1. The molecule has 0 aliphatic rings. The Balaban J connectivity index is 2.05. The molecule has 0 radical (unpaired) electrons. The van der Waals surface area contributed by atoms with Crippen LogP contribution in [0.15, 0.2) is 83.3 Å². The molecule has 7 nitrogen and oxygen atoms in total. The number of carbonyl (C=O) groups excluding carboxylic acids is 2. The molecule has 0 saturated heterocycles. The summed E-state index contributed by atoms with van der Waals surface area (Å²) < 4.78 is 28.5. The van der Waals surface area contributed by atoms with E-state index in [0.717, 1.165) is 36.2 Å². The van der Waals surface area contributed by atoms with Crippen LogP contribution in [0.25, 0.3) is 0 Å². The number of carbonyl (C=O) groups is 2. The van der Waals surface area contributed by atoms with Gasteiger partial charge in [0.2, 0.25) is 21.8 Å². The lowest BCUT2D eigenvalue weighted by Crippen LogP contribution is -2.54. The van der Waals surface area contributed by atoms with Crippen molar-refractivity contribution >= 4 is 66.0 Å². The van der Waals surface area contributed by atoms with Gasteiger partial charge >= 0.3 is 0 Å². The number of amides is 2. The molecule has 208 valence electrons. The summed E-state index contributed by atoms with van der Waals surface area (Å²) in [6.45, 7) is 3.59. The number of sulfonamides is 1. The topological polar surface area (TPSA) is 86.8 Å². The predicted octanol–water partition coefficient (Wildman–Crippen LogP) is 5.37. The van der Waals surface area contributed by atoms with Crippen LogP contribution in [0.1, 0.15) is 31.4 Å². The summed E-state index contributed by atoms with van der Waals surface area (Å²) in [6, 6.07) is 23.0. The zero-order chi connectivity index (χ0) is 28.6. The third-order valence-electron chi connectivity index (χ3n) is 6.31. The van der Waals surface area contributed by atoms with Gasteiger partial charge in [-0.2, -0.15) is 0 Å². The molecule has 0 saturated carbocycles. The Hall–Kier alpha value is -2.44. The van der Waals surface area contributed by atoms with E-state index in [1.807, 2.05) is 68.4 Å². The van der Waals surface area contributed by atoms with Crippen molar-refractivity contribution in [1.82, 2.24) is 10.2 Å². The van der Waals surface area contributed by atoms with E-state index in [1.165, 1.54) is 4.90 Å². The molecule has 3 rings (SSSR count). The van der Waals surface area contributed by atoms with E-state index >= 15 is 0 Å². The Morgan fingerprint density at radius 1 is 0.974 bits per heavy atom. The van der Waals surface area contributed by atoms with Crippen molar-refractivity contribution in [2.75, 3.05) is 17.1 Å². The minimum absolute atomic E-state index is 0.0853. The fourth-order valence-electron chi connectivity index (χ4n) is 4.05. The van der Waals surface area contributed by atoms with Crippen LogP contribution < -0.4 is 9.62 Å². The van der Waals surface area contributed by atoms with Crippen LogP contribution in [0.3, 0.4) is 0 Å². The Kier molecular flexibility index (Phi) is 11.4. The van der Waals surface area contributed by atoms with Gasteiger partial charge in [-0.15, -0.1) is 0 Å². The van der Waals surface area contributed by atoms with E-state index in [4.69, 9.17) is 0 Å². The first-order chi connectivity index (χ1) is 18.5. The highest BCUT2D eigenvalue weighted by Gasteiger charge is 2.33. The summed E-state index contributed by atoms with van der Waals surface area (Å²) in [5.41, 5.74) is 2.09. The standard InChI is InChI=1S/C29H33BrIN3O4S/c1-4-21(2)32-29(36)27(18-22-9-6-5-7-10-22)33(19-23-11-8-12-24(30)17-23)28(35)20-34(39(3,37)38)26-15-13-25(31)14-16-26/h5-17,21,27H,4,18-20H2,1-3H3,(H,32,36)/t21-,27-/m1/s1. The molecule has 0 heterocycles. The molecule has 0 aliphatic carbocycles. The largest absolute Gasteiger partial charge is 0.352 e. The van der Waals surface area contributed by atoms with Gasteiger partial charge in [0.15, 0.2) is 0 Å². The molecule has 2 amide bonds. The molecule has 0 aliphatic heterocycles. The monoisotopic (exact) mass is 725 g/mol. The van der Waals surface area contributed by atoms with Crippen LogP contribution in [0.5, 0.6) is 0 Å². The second-order valence-corrected chi connectivity index (χ2v) is 13.5. The molecule has 0 bridgehead atoms. The minimum atomic E-state index is -3.79. The SMILES string of the molecule is CC[C@@H](C)NC(=O)[C@@H](Cc1ccccc1)N(Cc1cccc(Br)c1)C(=O)CN(c1ccc(I)cc1)S(C)(=O)=O. The molecule has 0 aromatic heterocycles.